The van der Waals surface area contributed by atoms with E-state index in [-0.39, 0.29) is 12.3 Å². The first-order valence-electron chi connectivity index (χ1n) is 7.23. The molecule has 1 unspecified atom stereocenters. The van der Waals surface area contributed by atoms with E-state index >= 15 is 0 Å². The number of aromatic nitrogens is 3. The molecule has 5 nitrogen and oxygen atoms in total. The summed E-state index contributed by atoms with van der Waals surface area (Å²) in [5.74, 6) is -1.10. The van der Waals surface area contributed by atoms with Gasteiger partial charge in [-0.05, 0) is 41.8 Å². The fourth-order valence-corrected chi connectivity index (χ4v) is 2.88. The Hall–Kier alpha value is -2.40. The number of hydrogen-bond donors (Lipinski definition) is 1. The number of nitrogens with zero attached hydrogens (tertiary/aromatic N) is 3. The lowest BCUT2D eigenvalue weighted by atomic mass is 9.87. The van der Waals surface area contributed by atoms with Crippen LogP contribution in [0.2, 0.25) is 5.02 Å². The fraction of sp³-hybridized carbons (Fsp3) is 0.235. The number of rotatable bonds is 4. The van der Waals surface area contributed by atoms with E-state index in [0.29, 0.717) is 5.02 Å². The highest BCUT2D eigenvalue weighted by Gasteiger charge is 2.19. The maximum atomic E-state index is 11.3. The van der Waals surface area contributed by atoms with Gasteiger partial charge in [0, 0.05) is 18.0 Å². The summed E-state index contributed by atoms with van der Waals surface area (Å²) in [5, 5.41) is 18.1. The van der Waals surface area contributed by atoms with Crippen LogP contribution in [0, 0.1) is 6.92 Å². The van der Waals surface area contributed by atoms with Gasteiger partial charge in [0.1, 0.15) is 5.52 Å². The normalized spacial score (nSPS) is 12.5. The third kappa shape index (κ3) is 3.05. The minimum atomic E-state index is -0.846. The summed E-state index contributed by atoms with van der Waals surface area (Å²) in [6.45, 7) is 1.91. The lowest BCUT2D eigenvalue weighted by molar-refractivity contribution is -0.137. The second-order valence-corrected chi connectivity index (χ2v) is 6.03. The van der Waals surface area contributed by atoms with Crippen molar-refractivity contribution in [3.05, 3.63) is 58.1 Å². The van der Waals surface area contributed by atoms with E-state index in [1.807, 2.05) is 50.4 Å². The number of carboxylic acid groups (broad SMARTS) is 1. The minimum absolute atomic E-state index is 0.00679. The molecule has 0 fully saturated rings. The first-order chi connectivity index (χ1) is 11.0. The number of halogens is 1. The zero-order valence-corrected chi connectivity index (χ0v) is 13.6. The highest BCUT2D eigenvalue weighted by Crippen LogP contribution is 2.31. The molecule has 3 rings (SSSR count). The maximum absolute atomic E-state index is 11.3. The van der Waals surface area contributed by atoms with Gasteiger partial charge < -0.3 is 5.11 Å². The number of carboxylic acids is 1. The Bertz CT molecular complexity index is 889. The molecule has 1 N–H and O–H groups in total. The second-order valence-electron chi connectivity index (χ2n) is 5.62. The summed E-state index contributed by atoms with van der Waals surface area (Å²) in [4.78, 5) is 11.3. The molecular formula is C17H16ClN3O2. The van der Waals surface area contributed by atoms with Crippen molar-refractivity contribution in [2.45, 2.75) is 19.3 Å². The molecule has 1 aromatic heterocycles. The van der Waals surface area contributed by atoms with Crippen molar-refractivity contribution in [1.29, 1.82) is 0 Å². The van der Waals surface area contributed by atoms with Crippen LogP contribution in [0.3, 0.4) is 0 Å². The van der Waals surface area contributed by atoms with Crippen LogP contribution < -0.4 is 0 Å². The molecule has 23 heavy (non-hydrogen) atoms. The van der Waals surface area contributed by atoms with Crippen LogP contribution >= 0.6 is 11.6 Å². The largest absolute Gasteiger partial charge is 0.481 e. The molecule has 6 heteroatoms. The zero-order chi connectivity index (χ0) is 16.6. The van der Waals surface area contributed by atoms with E-state index in [0.717, 1.165) is 27.7 Å². The van der Waals surface area contributed by atoms with Crippen LogP contribution in [-0.4, -0.2) is 26.1 Å². The molecule has 3 aromatic rings. The quantitative estimate of drug-likeness (QED) is 0.795. The Balaban J connectivity index is 2.09. The third-order valence-electron chi connectivity index (χ3n) is 4.00. The van der Waals surface area contributed by atoms with Crippen LogP contribution in [0.25, 0.3) is 11.0 Å². The molecule has 1 heterocycles. The van der Waals surface area contributed by atoms with Crippen molar-refractivity contribution in [2.24, 2.45) is 7.05 Å². The van der Waals surface area contributed by atoms with Gasteiger partial charge in [-0.1, -0.05) is 35.0 Å². The van der Waals surface area contributed by atoms with Crippen LogP contribution in [-0.2, 0) is 11.8 Å². The van der Waals surface area contributed by atoms with Crippen molar-refractivity contribution < 1.29 is 9.90 Å². The van der Waals surface area contributed by atoms with Crippen molar-refractivity contribution in [3.8, 4) is 0 Å². The predicted molar refractivity (Wildman–Crippen MR) is 88.8 cm³/mol. The Kier molecular flexibility index (Phi) is 4.05. The summed E-state index contributed by atoms with van der Waals surface area (Å²) < 4.78 is 1.69. The molecule has 0 saturated carbocycles. The first kappa shape index (κ1) is 15.5. The Morgan fingerprint density at radius 3 is 2.65 bits per heavy atom. The van der Waals surface area contributed by atoms with Gasteiger partial charge in [-0.3, -0.25) is 4.79 Å². The van der Waals surface area contributed by atoms with Gasteiger partial charge >= 0.3 is 5.97 Å². The first-order valence-corrected chi connectivity index (χ1v) is 7.60. The van der Waals surface area contributed by atoms with Gasteiger partial charge in [-0.15, -0.1) is 5.10 Å². The Labute approximate surface area is 138 Å². The van der Waals surface area contributed by atoms with Crippen molar-refractivity contribution in [3.63, 3.8) is 0 Å². The highest BCUT2D eigenvalue weighted by molar-refractivity contribution is 6.31. The molecule has 0 amide bonds. The van der Waals surface area contributed by atoms with Gasteiger partial charge in [0.05, 0.1) is 11.9 Å². The molecule has 2 aromatic carbocycles. The molecule has 0 bridgehead atoms. The van der Waals surface area contributed by atoms with E-state index < -0.39 is 5.97 Å². The van der Waals surface area contributed by atoms with E-state index in [2.05, 4.69) is 10.3 Å². The molecule has 0 aliphatic rings. The van der Waals surface area contributed by atoms with Crippen LogP contribution in [0.5, 0.6) is 0 Å². The third-order valence-corrected chi connectivity index (χ3v) is 4.42. The fourth-order valence-electron chi connectivity index (χ4n) is 2.76. The topological polar surface area (TPSA) is 68.0 Å². The van der Waals surface area contributed by atoms with Gasteiger partial charge in [0.2, 0.25) is 0 Å². The average Bonchev–Trinajstić information content (AvgIpc) is 2.88. The molecule has 0 radical (unpaired) electrons. The summed E-state index contributed by atoms with van der Waals surface area (Å²) in [5.41, 5.74) is 4.43. The van der Waals surface area contributed by atoms with E-state index in [9.17, 15) is 9.90 Å². The number of carbonyl (C=O) groups is 1. The second kappa shape index (κ2) is 6.01. The summed E-state index contributed by atoms with van der Waals surface area (Å²) >= 11 is 6.08. The smallest absolute Gasteiger partial charge is 0.304 e. The zero-order valence-electron chi connectivity index (χ0n) is 12.8. The highest BCUT2D eigenvalue weighted by atomic mass is 35.5. The molecule has 0 aliphatic heterocycles. The van der Waals surface area contributed by atoms with Crippen LogP contribution in [0.4, 0.5) is 0 Å². The molecule has 0 saturated heterocycles. The van der Waals surface area contributed by atoms with Gasteiger partial charge in [-0.25, -0.2) is 4.68 Å². The number of fused-ring (bicyclic) bond motifs is 1. The molecule has 0 aliphatic carbocycles. The predicted octanol–water partition coefficient (Wildman–Crippen LogP) is 3.54. The summed E-state index contributed by atoms with van der Waals surface area (Å²) in [6.07, 6.45) is 0.00679. The van der Waals surface area contributed by atoms with Crippen LogP contribution in [0.15, 0.2) is 36.4 Å². The molecule has 118 valence electrons. The molecule has 0 spiro atoms. The van der Waals surface area contributed by atoms with E-state index in [4.69, 9.17) is 11.6 Å². The average molecular weight is 330 g/mol. The van der Waals surface area contributed by atoms with Crippen molar-refractivity contribution >= 4 is 28.6 Å². The Morgan fingerprint density at radius 2 is 1.96 bits per heavy atom. The van der Waals surface area contributed by atoms with E-state index in [1.165, 1.54) is 0 Å². The Morgan fingerprint density at radius 1 is 1.26 bits per heavy atom. The van der Waals surface area contributed by atoms with Gasteiger partial charge in [0.15, 0.2) is 0 Å². The van der Waals surface area contributed by atoms with Crippen molar-refractivity contribution in [1.82, 2.24) is 15.0 Å². The lowest BCUT2D eigenvalue weighted by Crippen LogP contribution is -2.08. The van der Waals surface area contributed by atoms with E-state index in [1.54, 1.807) is 4.68 Å². The number of aliphatic carboxylic acids is 1. The summed E-state index contributed by atoms with van der Waals surface area (Å²) in [7, 11) is 1.83. The molecular weight excluding hydrogens is 314 g/mol. The number of benzene rings is 2. The van der Waals surface area contributed by atoms with Crippen LogP contribution in [0.1, 0.15) is 29.0 Å². The minimum Gasteiger partial charge on any atom is -0.481 e. The molecule has 1 atom stereocenters. The standard InChI is InChI=1S/C17H16ClN3O2/c1-10-7-11(3-5-14(10)18)13(9-17(22)23)12-4-6-16-15(8-12)19-20-21(16)2/h3-8,13H,9H2,1-2H3,(H,22,23). The number of aryl methyl sites for hydroxylation is 2. The van der Waals surface area contributed by atoms with Gasteiger partial charge in [0.25, 0.3) is 0 Å². The lowest BCUT2D eigenvalue weighted by Gasteiger charge is -2.17. The van der Waals surface area contributed by atoms with Gasteiger partial charge in [-0.2, -0.15) is 0 Å². The van der Waals surface area contributed by atoms with Crippen molar-refractivity contribution in [2.75, 3.05) is 0 Å². The maximum Gasteiger partial charge on any atom is 0.304 e. The summed E-state index contributed by atoms with van der Waals surface area (Å²) in [6, 6.07) is 11.4. The monoisotopic (exact) mass is 329 g/mol. The number of hydrogen-bond acceptors (Lipinski definition) is 3. The SMILES string of the molecule is Cc1cc(C(CC(=O)O)c2ccc3c(c2)nnn3C)ccc1Cl.